The first-order valence-electron chi connectivity index (χ1n) is 9.22. The van der Waals surface area contributed by atoms with Crippen LogP contribution in [0.4, 0.5) is 5.69 Å². The number of nitrogens with one attached hydrogen (secondary N) is 2. The van der Waals surface area contributed by atoms with Gasteiger partial charge in [0, 0.05) is 17.5 Å². The average Bonchev–Trinajstić information content (AvgIpc) is 3.15. The molecule has 4 nitrogen and oxygen atoms in total. The van der Waals surface area contributed by atoms with E-state index in [1.807, 2.05) is 30.3 Å². The maximum absolute atomic E-state index is 12.8. The second-order valence-electron chi connectivity index (χ2n) is 7.02. The largest absolute Gasteiger partial charge is 0.492 e. The number of benzene rings is 2. The fraction of sp³-hybridized carbons (Fsp3) is 0.318. The number of hydrogen-bond acceptors (Lipinski definition) is 3. The van der Waals surface area contributed by atoms with Gasteiger partial charge in [0.2, 0.25) is 5.91 Å². The number of carbonyl (C=O) groups excluding carboxylic acids is 1. The maximum atomic E-state index is 12.8. The summed E-state index contributed by atoms with van der Waals surface area (Å²) in [5, 5.41) is 6.48. The smallest absolute Gasteiger partial charge is 0.242 e. The number of carbonyl (C=O) groups is 1. The highest BCUT2D eigenvalue weighted by atomic mass is 16.5. The van der Waals surface area contributed by atoms with Crippen molar-refractivity contribution in [2.24, 2.45) is 5.92 Å². The average molecular weight is 348 g/mol. The van der Waals surface area contributed by atoms with E-state index in [0.29, 0.717) is 19.1 Å². The number of para-hydroxylation sites is 1. The molecule has 1 aliphatic carbocycles. The first-order chi connectivity index (χ1) is 12.7. The van der Waals surface area contributed by atoms with Gasteiger partial charge in [-0.15, -0.1) is 0 Å². The third-order valence-corrected chi connectivity index (χ3v) is 5.21. The number of allylic oxidation sites excluding steroid dienone is 2. The van der Waals surface area contributed by atoms with Gasteiger partial charge in [-0.1, -0.05) is 48.0 Å². The molecule has 1 heterocycles. The molecule has 134 valence electrons. The van der Waals surface area contributed by atoms with Crippen molar-refractivity contribution in [3.63, 3.8) is 0 Å². The Morgan fingerprint density at radius 2 is 2.08 bits per heavy atom. The molecule has 1 aliphatic heterocycles. The normalized spacial score (nSPS) is 22.9. The Balaban J connectivity index is 1.38. The van der Waals surface area contributed by atoms with Gasteiger partial charge in [0.1, 0.15) is 18.4 Å². The summed E-state index contributed by atoms with van der Waals surface area (Å²) in [7, 11) is 0. The van der Waals surface area contributed by atoms with Crippen molar-refractivity contribution in [3.8, 4) is 5.75 Å². The number of ether oxygens (including phenoxy) is 1. The van der Waals surface area contributed by atoms with Gasteiger partial charge in [-0.2, -0.15) is 0 Å². The van der Waals surface area contributed by atoms with E-state index in [0.717, 1.165) is 17.9 Å². The second-order valence-corrected chi connectivity index (χ2v) is 7.02. The predicted octanol–water partition coefficient (Wildman–Crippen LogP) is 3.64. The summed E-state index contributed by atoms with van der Waals surface area (Å²) in [6, 6.07) is 15.9. The molecule has 0 saturated heterocycles. The first kappa shape index (κ1) is 16.7. The zero-order chi connectivity index (χ0) is 17.9. The van der Waals surface area contributed by atoms with E-state index in [9.17, 15) is 4.79 Å². The van der Waals surface area contributed by atoms with Crippen LogP contribution in [0.25, 0.3) is 0 Å². The highest BCUT2D eigenvalue weighted by Crippen LogP contribution is 2.44. The zero-order valence-electron chi connectivity index (χ0n) is 14.9. The minimum atomic E-state index is -0.207. The van der Waals surface area contributed by atoms with Gasteiger partial charge in [0.15, 0.2) is 0 Å². The van der Waals surface area contributed by atoms with Crippen LogP contribution in [0.3, 0.4) is 0 Å². The molecule has 2 aromatic carbocycles. The molecule has 4 heteroatoms. The van der Waals surface area contributed by atoms with E-state index in [2.05, 4.69) is 47.9 Å². The van der Waals surface area contributed by atoms with Gasteiger partial charge in [-0.05, 0) is 37.1 Å². The van der Waals surface area contributed by atoms with Crippen LogP contribution in [0.15, 0.2) is 60.7 Å². The summed E-state index contributed by atoms with van der Waals surface area (Å²) in [6.07, 6.45) is 5.39. The number of aryl methyl sites for hydroxylation is 1. The van der Waals surface area contributed by atoms with Crippen molar-refractivity contribution in [2.45, 2.75) is 25.3 Å². The maximum Gasteiger partial charge on any atom is 0.242 e. The van der Waals surface area contributed by atoms with Crippen molar-refractivity contribution in [2.75, 3.05) is 18.5 Å². The van der Waals surface area contributed by atoms with Gasteiger partial charge in [-0.25, -0.2) is 0 Å². The lowest BCUT2D eigenvalue weighted by Gasteiger charge is -2.36. The van der Waals surface area contributed by atoms with Crippen LogP contribution in [-0.2, 0) is 4.79 Å². The molecule has 0 spiro atoms. The van der Waals surface area contributed by atoms with Crippen molar-refractivity contribution in [1.29, 1.82) is 0 Å². The highest BCUT2D eigenvalue weighted by molar-refractivity contribution is 5.86. The number of anilines is 1. The molecular weight excluding hydrogens is 324 g/mol. The lowest BCUT2D eigenvalue weighted by atomic mass is 9.78. The number of amides is 1. The SMILES string of the molecule is Cc1ccc2c(c1)C1C=CCC1C(C(=O)NCCOc1ccccc1)N2. The molecule has 0 saturated carbocycles. The Morgan fingerprint density at radius 1 is 1.23 bits per heavy atom. The Labute approximate surface area is 154 Å². The second kappa shape index (κ2) is 7.24. The lowest BCUT2D eigenvalue weighted by Crippen LogP contribution is -2.48. The summed E-state index contributed by atoms with van der Waals surface area (Å²) < 4.78 is 5.65. The Morgan fingerprint density at radius 3 is 2.92 bits per heavy atom. The van der Waals surface area contributed by atoms with Crippen LogP contribution in [-0.4, -0.2) is 25.1 Å². The van der Waals surface area contributed by atoms with Gasteiger partial charge >= 0.3 is 0 Å². The molecule has 0 aromatic heterocycles. The molecule has 4 rings (SSSR count). The van der Waals surface area contributed by atoms with Crippen molar-refractivity contribution in [1.82, 2.24) is 5.32 Å². The van der Waals surface area contributed by atoms with Gasteiger partial charge < -0.3 is 15.4 Å². The minimum Gasteiger partial charge on any atom is -0.492 e. The van der Waals surface area contributed by atoms with Crippen LogP contribution in [0.1, 0.15) is 23.5 Å². The monoisotopic (exact) mass is 348 g/mol. The fourth-order valence-corrected chi connectivity index (χ4v) is 3.94. The van der Waals surface area contributed by atoms with E-state index in [-0.39, 0.29) is 17.9 Å². The molecule has 2 aromatic rings. The minimum absolute atomic E-state index is 0.0478. The third kappa shape index (κ3) is 3.32. The van der Waals surface area contributed by atoms with Gasteiger partial charge in [0.05, 0.1) is 6.54 Å². The summed E-state index contributed by atoms with van der Waals surface area (Å²) in [5.74, 6) is 1.47. The molecule has 2 aliphatic rings. The third-order valence-electron chi connectivity index (χ3n) is 5.21. The van der Waals surface area contributed by atoms with Crippen LogP contribution in [0, 0.1) is 12.8 Å². The first-order valence-corrected chi connectivity index (χ1v) is 9.22. The van der Waals surface area contributed by atoms with Crippen molar-refractivity contribution in [3.05, 3.63) is 71.8 Å². The standard InChI is InChI=1S/C22H24N2O2/c1-15-10-11-20-19(14-15)17-8-5-9-18(17)21(24-20)22(25)23-12-13-26-16-6-3-2-4-7-16/h2-8,10-11,14,17-18,21,24H,9,12-13H2,1H3,(H,23,25). The van der Waals surface area contributed by atoms with Crippen molar-refractivity contribution >= 4 is 11.6 Å². The summed E-state index contributed by atoms with van der Waals surface area (Å²) in [6.45, 7) is 3.07. The number of fused-ring (bicyclic) bond motifs is 3. The van der Waals surface area contributed by atoms with Gasteiger partial charge in [-0.3, -0.25) is 4.79 Å². The van der Waals surface area contributed by atoms with Crippen LogP contribution in [0.2, 0.25) is 0 Å². The lowest BCUT2D eigenvalue weighted by molar-refractivity contribution is -0.123. The highest BCUT2D eigenvalue weighted by Gasteiger charge is 2.40. The van der Waals surface area contributed by atoms with E-state index < -0.39 is 0 Å². The van der Waals surface area contributed by atoms with Gasteiger partial charge in [0.25, 0.3) is 0 Å². The Bertz CT molecular complexity index is 816. The van der Waals surface area contributed by atoms with E-state index in [1.165, 1.54) is 11.1 Å². The fourth-order valence-electron chi connectivity index (χ4n) is 3.94. The van der Waals surface area contributed by atoms with Crippen LogP contribution in [0.5, 0.6) is 5.75 Å². The van der Waals surface area contributed by atoms with E-state index in [4.69, 9.17) is 4.74 Å². The summed E-state index contributed by atoms with van der Waals surface area (Å²) in [5.41, 5.74) is 3.63. The van der Waals surface area contributed by atoms with Crippen LogP contribution < -0.4 is 15.4 Å². The molecule has 3 atom stereocenters. The molecular formula is C22H24N2O2. The van der Waals surface area contributed by atoms with E-state index >= 15 is 0 Å². The zero-order valence-corrected chi connectivity index (χ0v) is 14.9. The van der Waals surface area contributed by atoms with Crippen LogP contribution >= 0.6 is 0 Å². The molecule has 0 bridgehead atoms. The molecule has 3 unspecified atom stereocenters. The molecule has 2 N–H and O–H groups in total. The molecule has 1 amide bonds. The number of rotatable bonds is 5. The predicted molar refractivity (Wildman–Crippen MR) is 104 cm³/mol. The molecule has 0 radical (unpaired) electrons. The molecule has 0 fully saturated rings. The van der Waals surface area contributed by atoms with Crippen molar-refractivity contribution < 1.29 is 9.53 Å². The Kier molecular flexibility index (Phi) is 4.65. The summed E-state index contributed by atoms with van der Waals surface area (Å²) in [4.78, 5) is 12.8. The Hall–Kier alpha value is -2.75. The van der Waals surface area contributed by atoms with E-state index in [1.54, 1.807) is 0 Å². The molecule has 26 heavy (non-hydrogen) atoms. The quantitative estimate of drug-likeness (QED) is 0.641. The topological polar surface area (TPSA) is 50.4 Å². The summed E-state index contributed by atoms with van der Waals surface area (Å²) >= 11 is 0. The number of hydrogen-bond donors (Lipinski definition) is 2.